The molecule has 133 heavy (non-hydrogen) atoms. The minimum absolute atomic E-state index is 0.00438. The number of nitrogens with one attached hydrogen (secondary N) is 17. The van der Waals surface area contributed by atoms with E-state index in [1.165, 1.54) is 59.3 Å². The number of amides is 16. The number of carboxylic acids is 3. The van der Waals surface area contributed by atoms with Gasteiger partial charge in [0, 0.05) is 37.6 Å². The number of aliphatic hydroxyl groups excluding tert-OH is 3. The number of nitrogens with two attached hydrogens (primary N) is 1. The number of imidazole rings is 1. The molecule has 0 radical (unpaired) electrons. The van der Waals surface area contributed by atoms with E-state index >= 15 is 0 Å². The fourth-order valence-corrected chi connectivity index (χ4v) is 13.1. The van der Waals surface area contributed by atoms with Gasteiger partial charge in [-0.05, 0) is 86.3 Å². The number of carbonyl (C=O) groups excluding carboxylic acids is 16. The Labute approximate surface area is 765 Å². The van der Waals surface area contributed by atoms with Crippen LogP contribution < -0.4 is 90.8 Å². The topological polar surface area (TPSA) is 713 Å². The monoisotopic (exact) mass is 1860 g/mol. The third-order valence-corrected chi connectivity index (χ3v) is 21.3. The lowest BCUT2D eigenvalue weighted by molar-refractivity contribution is -0.144. The lowest BCUT2D eigenvalue weighted by Gasteiger charge is -2.29. The van der Waals surface area contributed by atoms with Gasteiger partial charge in [0.25, 0.3) is 0 Å². The molecule has 0 fully saturated rings. The van der Waals surface area contributed by atoms with Crippen LogP contribution in [0.15, 0.2) is 128 Å². The van der Waals surface area contributed by atoms with Gasteiger partial charge >= 0.3 is 17.9 Å². The molecule has 0 aliphatic carbocycles. The van der Waals surface area contributed by atoms with Crippen LogP contribution >= 0.6 is 0 Å². The molecule has 0 aliphatic rings. The highest BCUT2D eigenvalue weighted by atomic mass is 16.4. The second kappa shape index (κ2) is 54.3. The van der Waals surface area contributed by atoms with Gasteiger partial charge < -0.3 is 132 Å². The second-order valence-corrected chi connectivity index (χ2v) is 32.4. The van der Waals surface area contributed by atoms with Gasteiger partial charge in [-0.25, -0.2) is 9.78 Å². The van der Waals surface area contributed by atoms with Crippen LogP contribution in [-0.2, 0) is 123 Å². The standard InChI is InChI=1S/C88H121N19O26/c1-11-45(5)70(85(129)91-40-66(112)96-62(37-67(113)114)81(125)100-59(34-52-24-18-14-19-25-52)78(122)99-60(35-53-26-20-15-21-27-53)79(123)101-61(36-55-39-90-43-92-55)80(124)103-65(42-109)83(127)106-71(88(132)133)46(6)12-2)105-87(131)72(50(10)110)107-84(128)64(41-108)102-75(119)49(9)95-86(130)69(44(3)4)104-82(126)63(38-68(115)116)98-74(118)48(8)94-77(121)58(33-51-22-16-13-17-23-51)97-73(117)47(7)93-76(120)57(89)32-54-28-30-56(111)31-29-54/h13-31,39,43-50,57-65,69-72,108-111H,11-12,32-38,40-42,89H2,1-10H3,(H,90,92)(H,91,129)(H,93,120)(H,94,121)(H,95,130)(H,96,112)(H,97,117)(H,98,118)(H,99,122)(H,100,125)(H,101,123)(H,102,119)(H,103,124)(H,104,126)(H,105,131)(H,106,127)(H,107,128)(H,113,114)(H,115,116)(H,132,133)/t45-,46-,47+,48-,49-,50+,57-,58-,59-,60-,61-,62-,63-,64-,65-,69-,70-,71-,72-/m0/s1. The number of carbonyl (C=O) groups is 19. The Morgan fingerprint density at radius 2 is 0.684 bits per heavy atom. The zero-order chi connectivity index (χ0) is 99.0. The first-order valence-corrected chi connectivity index (χ1v) is 42.9. The highest BCUT2D eigenvalue weighted by molar-refractivity contribution is 6.02. The number of aliphatic hydroxyl groups is 3. The lowest BCUT2D eigenvalue weighted by atomic mass is 9.97. The maximum atomic E-state index is 14.8. The van der Waals surface area contributed by atoms with Crippen molar-refractivity contribution in [2.45, 2.75) is 230 Å². The number of phenols is 1. The van der Waals surface area contributed by atoms with Crippen LogP contribution in [0.3, 0.4) is 0 Å². The highest BCUT2D eigenvalue weighted by Crippen LogP contribution is 2.17. The van der Waals surface area contributed by atoms with E-state index in [0.717, 1.165) is 13.8 Å². The summed E-state index contributed by atoms with van der Waals surface area (Å²) in [6.07, 6.45) is -1.95. The molecule has 16 amide bonds. The van der Waals surface area contributed by atoms with Crippen LogP contribution in [0.4, 0.5) is 0 Å². The van der Waals surface area contributed by atoms with E-state index in [-0.39, 0.29) is 50.0 Å². The largest absolute Gasteiger partial charge is 0.508 e. The van der Waals surface area contributed by atoms with Crippen molar-refractivity contribution < 1.29 is 127 Å². The number of carboxylic acid groups (broad SMARTS) is 3. The van der Waals surface area contributed by atoms with Crippen LogP contribution in [-0.4, -0.2) is 281 Å². The number of nitrogens with zero attached hydrogens (tertiary/aromatic N) is 1. The van der Waals surface area contributed by atoms with Crippen molar-refractivity contribution in [2.75, 3.05) is 19.8 Å². The third kappa shape index (κ3) is 36.5. The molecule has 5 rings (SSSR count). The SMILES string of the molecule is CC[C@H](C)[C@H](NC(=O)[C@H](CO)NC(=O)[C@H](Cc1cnc[nH]1)NC(=O)[C@H](Cc1ccccc1)NC(=O)[C@H](Cc1ccccc1)NC(=O)[C@H](CC(=O)O)NC(=O)CNC(=O)[C@@H](NC(=O)[C@@H](NC(=O)[C@H](CO)NC(=O)[C@H](C)NC(=O)[C@@H](NC(=O)[C@H](CC(=O)O)NC(=O)[C@H](C)NC(=O)[C@H](Cc1ccccc1)NC(=O)[C@@H](C)NC(=O)[C@@H](N)Cc1ccc(O)cc1)C(C)C)[C@@H](C)O)[C@@H](C)CC)C(=O)O. The maximum absolute atomic E-state index is 14.8. The molecule has 5 aromatic rings. The van der Waals surface area contributed by atoms with Gasteiger partial charge in [0.05, 0.1) is 51.1 Å². The van der Waals surface area contributed by atoms with Crippen LogP contribution in [0, 0.1) is 17.8 Å². The molecule has 0 unspecified atom stereocenters. The Morgan fingerprint density at radius 1 is 0.353 bits per heavy atom. The van der Waals surface area contributed by atoms with E-state index in [1.54, 1.807) is 124 Å². The Balaban J connectivity index is 1.22. The van der Waals surface area contributed by atoms with E-state index in [9.17, 15) is 127 Å². The minimum atomic E-state index is -2.00. The molecular formula is C88H121N19O26. The summed E-state index contributed by atoms with van der Waals surface area (Å²) in [6.45, 7) is 10.7. The lowest BCUT2D eigenvalue weighted by Crippen LogP contribution is -2.62. The van der Waals surface area contributed by atoms with E-state index in [2.05, 4.69) is 95.0 Å². The number of aliphatic carboxylic acids is 3. The van der Waals surface area contributed by atoms with E-state index in [4.69, 9.17) is 5.73 Å². The van der Waals surface area contributed by atoms with Crippen LogP contribution in [0.2, 0.25) is 0 Å². The number of H-pyrrole nitrogens is 1. The van der Waals surface area contributed by atoms with Crippen molar-refractivity contribution in [3.8, 4) is 5.75 Å². The highest BCUT2D eigenvalue weighted by Gasteiger charge is 2.40. The summed E-state index contributed by atoms with van der Waals surface area (Å²) in [4.78, 5) is 266. The van der Waals surface area contributed by atoms with Gasteiger partial charge in [-0.3, -0.25) is 86.3 Å². The first kappa shape index (κ1) is 109. The number of aromatic amines is 1. The van der Waals surface area contributed by atoms with Gasteiger partial charge in [0.15, 0.2) is 0 Å². The fourth-order valence-electron chi connectivity index (χ4n) is 13.1. The van der Waals surface area contributed by atoms with Gasteiger partial charge in [0.2, 0.25) is 94.5 Å². The molecule has 0 spiro atoms. The predicted octanol–water partition coefficient (Wildman–Crippen LogP) is -5.45. The van der Waals surface area contributed by atoms with Crippen molar-refractivity contribution >= 4 is 112 Å². The van der Waals surface area contributed by atoms with Gasteiger partial charge in [-0.1, -0.05) is 158 Å². The van der Waals surface area contributed by atoms with Gasteiger partial charge in [-0.15, -0.1) is 0 Å². The molecular weight excluding hydrogens is 1740 g/mol. The van der Waals surface area contributed by atoms with Crippen LogP contribution in [0.25, 0.3) is 0 Å². The summed E-state index contributed by atoms with van der Waals surface area (Å²) < 4.78 is 0. The van der Waals surface area contributed by atoms with Crippen LogP contribution in [0.5, 0.6) is 5.75 Å². The molecule has 1 aromatic heterocycles. The first-order valence-electron chi connectivity index (χ1n) is 42.9. The quantitative estimate of drug-likeness (QED) is 0.0173. The van der Waals surface area contributed by atoms with Crippen molar-refractivity contribution in [2.24, 2.45) is 23.5 Å². The van der Waals surface area contributed by atoms with E-state index in [0.29, 0.717) is 28.7 Å². The average Bonchev–Trinajstić information content (AvgIpc) is 1.64. The molecule has 724 valence electrons. The summed E-state index contributed by atoms with van der Waals surface area (Å²) in [6, 6.07) is 4.45. The normalized spacial score (nSPS) is 15.4. The summed E-state index contributed by atoms with van der Waals surface area (Å²) in [5.74, 6) is -24.1. The Bertz CT molecular complexity index is 4800. The zero-order valence-electron chi connectivity index (χ0n) is 75.1. The zero-order valence-corrected chi connectivity index (χ0v) is 75.1. The molecule has 4 aromatic carbocycles. The molecule has 19 atom stereocenters. The molecule has 26 N–H and O–H groups in total. The fraction of sp³-hybridized carbons (Fsp3) is 0.477. The summed E-state index contributed by atoms with van der Waals surface area (Å²) in [7, 11) is 0. The number of aromatic nitrogens is 2. The molecule has 0 bridgehead atoms. The van der Waals surface area contributed by atoms with E-state index < -0.39 is 266 Å². The van der Waals surface area contributed by atoms with Crippen molar-refractivity contribution in [1.82, 2.24) is 95.0 Å². The molecule has 0 saturated carbocycles. The number of hydrogen-bond acceptors (Lipinski definition) is 25. The van der Waals surface area contributed by atoms with E-state index in [1.807, 2.05) is 0 Å². The summed E-state index contributed by atoms with van der Waals surface area (Å²) >= 11 is 0. The molecule has 0 aliphatic heterocycles. The Morgan fingerprint density at radius 3 is 1.09 bits per heavy atom. The number of rotatable bonds is 55. The Kier molecular flexibility index (Phi) is 44.6. The summed E-state index contributed by atoms with van der Waals surface area (Å²) in [5.41, 5.74) is 8.44. The number of phenolic OH excluding ortho intramolecular Hbond substituents is 1. The Hall–Kier alpha value is -14.3. The number of hydrogen-bond donors (Lipinski definition) is 25. The van der Waals surface area contributed by atoms with Gasteiger partial charge in [-0.2, -0.15) is 0 Å². The van der Waals surface area contributed by atoms with Crippen molar-refractivity contribution in [3.63, 3.8) is 0 Å². The molecule has 45 heteroatoms. The second-order valence-electron chi connectivity index (χ2n) is 32.4. The first-order chi connectivity index (χ1) is 62.9. The van der Waals surface area contributed by atoms with Crippen molar-refractivity contribution in [1.29, 1.82) is 0 Å². The molecule has 1 heterocycles. The minimum Gasteiger partial charge on any atom is -0.508 e. The van der Waals surface area contributed by atoms with Gasteiger partial charge in [0.1, 0.15) is 96.4 Å². The summed E-state index contributed by atoms with van der Waals surface area (Å²) in [5, 5.41) is 109. The predicted molar refractivity (Wildman–Crippen MR) is 473 cm³/mol. The molecule has 45 nitrogen and oxygen atoms in total. The number of aromatic hydroxyl groups is 1. The smallest absolute Gasteiger partial charge is 0.326 e. The average molecular weight is 1860 g/mol. The van der Waals surface area contributed by atoms with Crippen LogP contribution in [0.1, 0.15) is 123 Å². The third-order valence-electron chi connectivity index (χ3n) is 21.3. The maximum Gasteiger partial charge on any atom is 0.326 e. The van der Waals surface area contributed by atoms with Crippen molar-refractivity contribution in [3.05, 3.63) is 156 Å². The number of benzene rings is 4. The molecule has 0 saturated heterocycles.